The van der Waals surface area contributed by atoms with E-state index in [-0.39, 0.29) is 32.7 Å². The van der Waals surface area contributed by atoms with Crippen molar-refractivity contribution in [2.45, 2.75) is 6.92 Å². The maximum absolute atomic E-state index is 3.83. The second-order valence-electron chi connectivity index (χ2n) is 2.89. The molecule has 0 saturated carbocycles. The zero-order valence-electron chi connectivity index (χ0n) is 7.09. The molecule has 1 N–H and O–H groups in total. The van der Waals surface area contributed by atoms with Crippen molar-refractivity contribution in [3.63, 3.8) is 0 Å². The Labute approximate surface area is 97.4 Å². The van der Waals surface area contributed by atoms with Crippen molar-refractivity contribution < 1.29 is 32.7 Å². The van der Waals surface area contributed by atoms with E-state index < -0.39 is 0 Å². The van der Waals surface area contributed by atoms with Crippen LogP contribution < -0.4 is 0 Å². The molecule has 1 aromatic heterocycles. The van der Waals surface area contributed by atoms with Crippen molar-refractivity contribution in [2.24, 2.45) is 0 Å². The van der Waals surface area contributed by atoms with Gasteiger partial charge in [0.15, 0.2) is 0 Å². The molecule has 2 heteroatoms. The van der Waals surface area contributed by atoms with Gasteiger partial charge in [0, 0.05) is 38.2 Å². The van der Waals surface area contributed by atoms with Crippen LogP contribution in [0.3, 0.4) is 0 Å². The molecule has 0 spiro atoms. The minimum atomic E-state index is 0. The van der Waals surface area contributed by atoms with Crippen LogP contribution in [0.5, 0.6) is 0 Å². The first kappa shape index (κ1) is 9.82. The summed E-state index contributed by atoms with van der Waals surface area (Å²) in [5.74, 6) is 0. The van der Waals surface area contributed by atoms with Gasteiger partial charge in [0.25, 0.3) is 0 Å². The standard InChI is InChI=1S/C10H10N.Y/c1-7-3-4-9-6-8(2)11-10(9)5-7;/h3-6,11H,2H2,1H3;/q-1;. The van der Waals surface area contributed by atoms with Gasteiger partial charge in [-0.05, 0) is 18.6 Å². The summed E-state index contributed by atoms with van der Waals surface area (Å²) >= 11 is 0. The Bertz CT molecular complexity index is 390. The van der Waals surface area contributed by atoms with Crippen LogP contribution >= 0.6 is 0 Å². The van der Waals surface area contributed by atoms with E-state index in [9.17, 15) is 0 Å². The van der Waals surface area contributed by atoms with Crippen LogP contribution in [0.15, 0.2) is 24.3 Å². The third-order valence-corrected chi connectivity index (χ3v) is 1.83. The summed E-state index contributed by atoms with van der Waals surface area (Å²) in [6, 6.07) is 8.39. The Morgan fingerprint density at radius 2 is 2.00 bits per heavy atom. The molecule has 2 rings (SSSR count). The Morgan fingerprint density at radius 1 is 1.25 bits per heavy atom. The quantitative estimate of drug-likeness (QED) is 0.673. The fourth-order valence-corrected chi connectivity index (χ4v) is 1.30. The van der Waals surface area contributed by atoms with E-state index in [1.54, 1.807) is 0 Å². The van der Waals surface area contributed by atoms with E-state index in [0.717, 1.165) is 5.69 Å². The fraction of sp³-hybridized carbons (Fsp3) is 0.100. The van der Waals surface area contributed by atoms with Crippen molar-refractivity contribution in [3.8, 4) is 0 Å². The minimum Gasteiger partial charge on any atom is -0.391 e. The molecule has 0 amide bonds. The molecule has 59 valence electrons. The number of benzene rings is 1. The predicted molar refractivity (Wildman–Crippen MR) is 47.5 cm³/mol. The molecule has 0 unspecified atom stereocenters. The van der Waals surface area contributed by atoms with Gasteiger partial charge in [-0.25, -0.2) is 6.92 Å². The molecule has 0 aliphatic rings. The number of aromatic amines is 1. The molecule has 0 saturated heterocycles. The first-order valence-electron chi connectivity index (χ1n) is 3.67. The molecule has 12 heavy (non-hydrogen) atoms. The average molecular weight is 233 g/mol. The topological polar surface area (TPSA) is 15.8 Å². The fourth-order valence-electron chi connectivity index (χ4n) is 1.30. The second-order valence-corrected chi connectivity index (χ2v) is 2.89. The number of hydrogen-bond donors (Lipinski definition) is 1. The molecule has 1 radical (unpaired) electrons. The summed E-state index contributed by atoms with van der Waals surface area (Å²) in [4.78, 5) is 3.19. The predicted octanol–water partition coefficient (Wildman–Crippen LogP) is 2.66. The van der Waals surface area contributed by atoms with Crippen molar-refractivity contribution in [2.75, 3.05) is 0 Å². The Morgan fingerprint density at radius 3 is 2.75 bits per heavy atom. The van der Waals surface area contributed by atoms with Crippen molar-refractivity contribution >= 4 is 10.9 Å². The third-order valence-electron chi connectivity index (χ3n) is 1.83. The summed E-state index contributed by atoms with van der Waals surface area (Å²) in [7, 11) is 0. The molecule has 1 heterocycles. The first-order chi connectivity index (χ1) is 5.25. The summed E-state index contributed by atoms with van der Waals surface area (Å²) in [5, 5.41) is 1.24. The van der Waals surface area contributed by atoms with Gasteiger partial charge < -0.3 is 4.98 Å². The molecule has 0 aliphatic heterocycles. The summed E-state index contributed by atoms with van der Waals surface area (Å²) in [5.41, 5.74) is 3.43. The Hall–Kier alpha value is -0.266. The van der Waals surface area contributed by atoms with E-state index in [1.807, 2.05) is 0 Å². The number of aromatic nitrogens is 1. The zero-order valence-corrected chi connectivity index (χ0v) is 9.93. The van der Waals surface area contributed by atoms with Crippen LogP contribution in [-0.2, 0) is 32.7 Å². The van der Waals surface area contributed by atoms with E-state index in [2.05, 4.69) is 43.1 Å². The zero-order chi connectivity index (χ0) is 7.84. The van der Waals surface area contributed by atoms with Crippen LogP contribution in [0, 0.1) is 13.8 Å². The number of hydrogen-bond acceptors (Lipinski definition) is 0. The van der Waals surface area contributed by atoms with Gasteiger partial charge in [-0.2, -0.15) is 6.07 Å². The number of rotatable bonds is 0. The molecular weight excluding hydrogens is 223 g/mol. The number of fused-ring (bicyclic) bond motifs is 1. The Kier molecular flexibility index (Phi) is 2.97. The van der Waals surface area contributed by atoms with E-state index in [1.165, 1.54) is 16.5 Å². The smallest absolute Gasteiger partial charge is 0.0253 e. The molecule has 0 fully saturated rings. The Balaban J connectivity index is 0.000000720. The molecule has 2 aromatic rings. The molecule has 1 nitrogen and oxygen atoms in total. The van der Waals surface area contributed by atoms with Crippen molar-refractivity contribution in [3.05, 3.63) is 42.4 Å². The van der Waals surface area contributed by atoms with Crippen LogP contribution in [0.25, 0.3) is 10.9 Å². The first-order valence-corrected chi connectivity index (χ1v) is 3.67. The van der Waals surface area contributed by atoms with Crippen molar-refractivity contribution in [1.82, 2.24) is 4.98 Å². The third kappa shape index (κ3) is 1.73. The largest absolute Gasteiger partial charge is 0.391 e. The molecule has 0 atom stereocenters. The van der Waals surface area contributed by atoms with Gasteiger partial charge in [0.05, 0.1) is 0 Å². The van der Waals surface area contributed by atoms with Gasteiger partial charge in [-0.15, -0.1) is 5.69 Å². The number of H-pyrrole nitrogens is 1. The number of aryl methyl sites for hydroxylation is 1. The normalized spacial score (nSPS) is 9.75. The van der Waals surface area contributed by atoms with Gasteiger partial charge in [0.2, 0.25) is 0 Å². The van der Waals surface area contributed by atoms with Crippen molar-refractivity contribution in [1.29, 1.82) is 0 Å². The van der Waals surface area contributed by atoms with E-state index in [4.69, 9.17) is 0 Å². The average Bonchev–Trinajstić information content (AvgIpc) is 2.27. The number of nitrogens with one attached hydrogen (secondary N) is 1. The summed E-state index contributed by atoms with van der Waals surface area (Å²) < 4.78 is 0. The monoisotopic (exact) mass is 233 g/mol. The summed E-state index contributed by atoms with van der Waals surface area (Å²) in [6.45, 7) is 5.92. The minimum absolute atomic E-state index is 0. The van der Waals surface area contributed by atoms with Gasteiger partial charge >= 0.3 is 0 Å². The maximum atomic E-state index is 3.83. The molecule has 0 bridgehead atoms. The van der Waals surface area contributed by atoms with E-state index >= 15 is 0 Å². The van der Waals surface area contributed by atoms with Crippen LogP contribution in [0.1, 0.15) is 11.3 Å². The molecular formula is C10H10NY-. The summed E-state index contributed by atoms with van der Waals surface area (Å²) in [6.07, 6.45) is 0. The van der Waals surface area contributed by atoms with Crippen LogP contribution in [-0.4, -0.2) is 4.98 Å². The van der Waals surface area contributed by atoms with Crippen LogP contribution in [0.4, 0.5) is 0 Å². The van der Waals surface area contributed by atoms with E-state index in [0.29, 0.717) is 0 Å². The van der Waals surface area contributed by atoms with Gasteiger partial charge in [0.1, 0.15) is 0 Å². The SMILES string of the molecule is [CH2-]c1cc2ccc(C)cc2[nH]1.[Y]. The molecule has 1 aromatic carbocycles. The van der Waals surface area contributed by atoms with Gasteiger partial charge in [-0.1, -0.05) is 17.5 Å². The second kappa shape index (κ2) is 3.63. The van der Waals surface area contributed by atoms with Gasteiger partial charge in [-0.3, -0.25) is 0 Å². The maximum Gasteiger partial charge on any atom is 0.0253 e. The molecule has 0 aliphatic carbocycles. The van der Waals surface area contributed by atoms with Crippen LogP contribution in [0.2, 0.25) is 0 Å².